The van der Waals surface area contributed by atoms with Gasteiger partial charge in [-0.15, -0.1) is 6.42 Å². The number of rotatable bonds is 3. The average molecular weight is 291 g/mol. The van der Waals surface area contributed by atoms with Crippen molar-refractivity contribution < 1.29 is 14.1 Å². The van der Waals surface area contributed by atoms with Crippen molar-refractivity contribution in [1.82, 2.24) is 9.80 Å². The monoisotopic (exact) mass is 291 g/mol. The first-order chi connectivity index (χ1) is 10.0. The van der Waals surface area contributed by atoms with Crippen molar-refractivity contribution in [1.29, 1.82) is 0 Å². The number of piperazine rings is 1. The Kier molecular flexibility index (Phi) is 4.50. The highest BCUT2D eigenvalue weighted by Crippen LogP contribution is 2.21. The standard InChI is InChI=1S/C14H14FN3O3/c1-2-5-16-6-8-17(9-7-16)14(19)12-10-11(15)3-4-13(12)18(20)21/h1,3-4,10H,5-9H2. The summed E-state index contributed by atoms with van der Waals surface area (Å²) in [5, 5.41) is 10.9. The third-order valence-corrected chi connectivity index (χ3v) is 3.36. The van der Waals surface area contributed by atoms with E-state index in [1.165, 1.54) is 4.90 Å². The molecule has 2 rings (SSSR count). The number of hydrogen-bond acceptors (Lipinski definition) is 4. The first-order valence-corrected chi connectivity index (χ1v) is 6.42. The lowest BCUT2D eigenvalue weighted by molar-refractivity contribution is -0.385. The molecule has 1 aromatic rings. The predicted molar refractivity (Wildman–Crippen MR) is 74.2 cm³/mol. The highest BCUT2D eigenvalue weighted by molar-refractivity contribution is 5.98. The highest BCUT2D eigenvalue weighted by Gasteiger charge is 2.27. The Hall–Kier alpha value is -2.46. The van der Waals surface area contributed by atoms with Crippen LogP contribution in [-0.2, 0) is 0 Å². The van der Waals surface area contributed by atoms with Crippen LogP contribution in [0.4, 0.5) is 10.1 Å². The largest absolute Gasteiger partial charge is 0.336 e. The number of nitro groups is 1. The molecule has 1 aliphatic rings. The zero-order valence-corrected chi connectivity index (χ0v) is 11.3. The van der Waals surface area contributed by atoms with E-state index >= 15 is 0 Å². The molecular weight excluding hydrogens is 277 g/mol. The lowest BCUT2D eigenvalue weighted by Crippen LogP contribution is -2.48. The molecule has 1 heterocycles. The van der Waals surface area contributed by atoms with Gasteiger partial charge in [-0.05, 0) is 12.1 Å². The summed E-state index contributed by atoms with van der Waals surface area (Å²) in [4.78, 5) is 26.1. The van der Waals surface area contributed by atoms with E-state index in [0.29, 0.717) is 32.7 Å². The summed E-state index contributed by atoms with van der Waals surface area (Å²) in [5.74, 6) is 1.33. The van der Waals surface area contributed by atoms with Crippen LogP contribution in [-0.4, -0.2) is 53.4 Å². The summed E-state index contributed by atoms with van der Waals surface area (Å²) >= 11 is 0. The van der Waals surface area contributed by atoms with Crippen molar-refractivity contribution in [2.45, 2.75) is 0 Å². The van der Waals surface area contributed by atoms with Gasteiger partial charge in [-0.2, -0.15) is 0 Å². The molecule has 0 bridgehead atoms. The molecule has 0 unspecified atom stereocenters. The van der Waals surface area contributed by atoms with E-state index < -0.39 is 16.6 Å². The Balaban J connectivity index is 2.16. The molecule has 1 aliphatic heterocycles. The quantitative estimate of drug-likeness (QED) is 0.475. The van der Waals surface area contributed by atoms with Crippen LogP contribution in [0.25, 0.3) is 0 Å². The Morgan fingerprint density at radius 2 is 2.05 bits per heavy atom. The van der Waals surface area contributed by atoms with Crippen molar-refractivity contribution in [3.8, 4) is 12.3 Å². The van der Waals surface area contributed by atoms with Crippen LogP contribution in [0, 0.1) is 28.3 Å². The number of carbonyl (C=O) groups is 1. The zero-order chi connectivity index (χ0) is 15.4. The SMILES string of the molecule is C#CCN1CCN(C(=O)c2cc(F)ccc2[N+](=O)[O-])CC1. The fourth-order valence-corrected chi connectivity index (χ4v) is 2.25. The fourth-order valence-electron chi connectivity index (χ4n) is 2.25. The first-order valence-electron chi connectivity index (χ1n) is 6.42. The summed E-state index contributed by atoms with van der Waals surface area (Å²) in [6.45, 7) is 2.52. The minimum atomic E-state index is -0.679. The average Bonchev–Trinajstić information content (AvgIpc) is 2.47. The van der Waals surface area contributed by atoms with Crippen LogP contribution >= 0.6 is 0 Å². The van der Waals surface area contributed by atoms with Gasteiger partial charge in [-0.1, -0.05) is 5.92 Å². The Labute approximate surface area is 121 Å². The number of nitrogens with zero attached hydrogens (tertiary/aromatic N) is 3. The second kappa shape index (κ2) is 6.33. The van der Waals surface area contributed by atoms with Gasteiger partial charge in [0.1, 0.15) is 11.4 Å². The number of hydrogen-bond donors (Lipinski definition) is 0. The third-order valence-electron chi connectivity index (χ3n) is 3.36. The maximum absolute atomic E-state index is 13.3. The van der Waals surface area contributed by atoms with E-state index in [9.17, 15) is 19.3 Å². The summed E-state index contributed by atoms with van der Waals surface area (Å²) in [6, 6.07) is 2.89. The van der Waals surface area contributed by atoms with E-state index in [-0.39, 0.29) is 11.3 Å². The first kappa shape index (κ1) is 14.9. The van der Waals surface area contributed by atoms with E-state index in [4.69, 9.17) is 6.42 Å². The van der Waals surface area contributed by atoms with Crippen LogP contribution < -0.4 is 0 Å². The van der Waals surface area contributed by atoms with Crippen LogP contribution in [0.15, 0.2) is 18.2 Å². The summed E-state index contributed by atoms with van der Waals surface area (Å²) < 4.78 is 13.3. The van der Waals surface area contributed by atoms with E-state index in [1.54, 1.807) is 0 Å². The topological polar surface area (TPSA) is 66.7 Å². The lowest BCUT2D eigenvalue weighted by atomic mass is 10.1. The third kappa shape index (κ3) is 3.35. The highest BCUT2D eigenvalue weighted by atomic mass is 19.1. The maximum Gasteiger partial charge on any atom is 0.282 e. The number of nitro benzene ring substituents is 1. The molecule has 1 amide bonds. The van der Waals surface area contributed by atoms with Crippen LogP contribution in [0.5, 0.6) is 0 Å². The zero-order valence-electron chi connectivity index (χ0n) is 11.3. The smallest absolute Gasteiger partial charge is 0.282 e. The molecule has 0 radical (unpaired) electrons. The van der Waals surface area contributed by atoms with Gasteiger partial charge < -0.3 is 4.90 Å². The Bertz CT molecular complexity index is 604. The Morgan fingerprint density at radius 3 is 2.62 bits per heavy atom. The van der Waals surface area contributed by atoms with Crippen LogP contribution in [0.1, 0.15) is 10.4 Å². The molecule has 1 saturated heterocycles. The van der Waals surface area contributed by atoms with Gasteiger partial charge in [-0.25, -0.2) is 4.39 Å². The number of amides is 1. The van der Waals surface area contributed by atoms with Crippen LogP contribution in [0.3, 0.4) is 0 Å². The molecule has 0 spiro atoms. The van der Waals surface area contributed by atoms with Crippen molar-refractivity contribution in [2.75, 3.05) is 32.7 Å². The number of benzene rings is 1. The normalized spacial score (nSPS) is 15.5. The molecular formula is C14H14FN3O3. The molecule has 0 N–H and O–H groups in total. The van der Waals surface area contributed by atoms with Gasteiger partial charge >= 0.3 is 0 Å². The molecule has 0 atom stereocenters. The minimum absolute atomic E-state index is 0.217. The molecule has 7 heteroatoms. The molecule has 1 aromatic carbocycles. The second-order valence-corrected chi connectivity index (χ2v) is 4.69. The van der Waals surface area contributed by atoms with Gasteiger partial charge in [0, 0.05) is 32.2 Å². The van der Waals surface area contributed by atoms with Crippen molar-refractivity contribution >= 4 is 11.6 Å². The van der Waals surface area contributed by atoms with Gasteiger partial charge in [0.15, 0.2) is 0 Å². The molecule has 0 aliphatic carbocycles. The minimum Gasteiger partial charge on any atom is -0.336 e. The maximum atomic E-state index is 13.3. The number of terminal acetylenes is 1. The van der Waals surface area contributed by atoms with Gasteiger partial charge in [0.2, 0.25) is 0 Å². The molecule has 21 heavy (non-hydrogen) atoms. The number of halogens is 1. The lowest BCUT2D eigenvalue weighted by Gasteiger charge is -2.33. The second-order valence-electron chi connectivity index (χ2n) is 4.69. The van der Waals surface area contributed by atoms with E-state index in [0.717, 1.165) is 18.2 Å². The molecule has 0 aromatic heterocycles. The van der Waals surface area contributed by atoms with E-state index in [1.807, 2.05) is 4.90 Å². The Morgan fingerprint density at radius 1 is 1.38 bits per heavy atom. The molecule has 6 nitrogen and oxygen atoms in total. The summed E-state index contributed by atoms with van der Waals surface area (Å²) in [5.41, 5.74) is -0.599. The van der Waals surface area contributed by atoms with Gasteiger partial charge in [0.05, 0.1) is 11.5 Å². The van der Waals surface area contributed by atoms with Gasteiger partial charge in [0.25, 0.3) is 11.6 Å². The summed E-state index contributed by atoms with van der Waals surface area (Å²) in [7, 11) is 0. The number of carbonyl (C=O) groups excluding carboxylic acids is 1. The fraction of sp³-hybridized carbons (Fsp3) is 0.357. The molecule has 1 fully saturated rings. The van der Waals surface area contributed by atoms with Crippen LogP contribution in [0.2, 0.25) is 0 Å². The molecule has 0 saturated carbocycles. The van der Waals surface area contributed by atoms with E-state index in [2.05, 4.69) is 5.92 Å². The van der Waals surface area contributed by atoms with Crippen molar-refractivity contribution in [3.63, 3.8) is 0 Å². The van der Waals surface area contributed by atoms with Crippen molar-refractivity contribution in [2.24, 2.45) is 0 Å². The molecule has 110 valence electrons. The van der Waals surface area contributed by atoms with Crippen molar-refractivity contribution in [3.05, 3.63) is 39.7 Å². The van der Waals surface area contributed by atoms with Gasteiger partial charge in [-0.3, -0.25) is 19.8 Å². The summed E-state index contributed by atoms with van der Waals surface area (Å²) in [6.07, 6.45) is 5.23. The predicted octanol–water partition coefficient (Wildman–Crippen LogP) is 1.12.